The number of ether oxygens (including phenoxy) is 2. The molecule has 0 bridgehead atoms. The summed E-state index contributed by atoms with van der Waals surface area (Å²) in [5, 5.41) is 12.8. The number of nitrogens with one attached hydrogen (secondary N) is 1. The van der Waals surface area contributed by atoms with Gasteiger partial charge in [-0.2, -0.15) is 23.1 Å². The molecule has 42 heavy (non-hydrogen) atoms. The van der Waals surface area contributed by atoms with Gasteiger partial charge in [0.05, 0.1) is 7.11 Å². The average Bonchev–Trinajstić information content (AvgIpc) is 3.33. The number of nitrogens with two attached hydrogens (primary N) is 1. The summed E-state index contributed by atoms with van der Waals surface area (Å²) in [6.45, 7) is 3.14. The van der Waals surface area contributed by atoms with E-state index in [1.54, 1.807) is 31.4 Å². The van der Waals surface area contributed by atoms with E-state index in [0.29, 0.717) is 43.9 Å². The Morgan fingerprint density at radius 2 is 1.86 bits per heavy atom. The van der Waals surface area contributed by atoms with Gasteiger partial charge in [0.25, 0.3) is 0 Å². The summed E-state index contributed by atoms with van der Waals surface area (Å²) >= 11 is 0. The van der Waals surface area contributed by atoms with E-state index in [1.807, 2.05) is 24.0 Å². The van der Waals surface area contributed by atoms with Crippen LogP contribution in [0.15, 0.2) is 54.6 Å². The molecule has 12 heteroatoms. The molecule has 2 aromatic carbocycles. The maximum atomic E-state index is 14.2. The van der Waals surface area contributed by atoms with Gasteiger partial charge in [-0.05, 0) is 54.4 Å². The van der Waals surface area contributed by atoms with Gasteiger partial charge in [0.2, 0.25) is 17.9 Å². The number of methoxy groups -OCH3 is 1. The molecule has 3 aromatic rings. The Bertz CT molecular complexity index is 1410. The molecular weight excluding hydrogens is 551 g/mol. The monoisotopic (exact) mass is 585 g/mol. The SMILES string of the molecule is CCC1NC(C(=O)O)CC12CCN(c1cc(O[C@H](c3ccc(-c4cccc(OC)c4)cc3)C(F)(F)F)nc(N)n1)CC2. The van der Waals surface area contributed by atoms with Crippen LogP contribution in [0.2, 0.25) is 0 Å². The topological polar surface area (TPSA) is 123 Å². The number of halogens is 3. The first-order valence-corrected chi connectivity index (χ1v) is 13.9. The molecule has 0 saturated carbocycles. The van der Waals surface area contributed by atoms with Gasteiger partial charge in [-0.1, -0.05) is 43.3 Å². The molecule has 224 valence electrons. The lowest BCUT2D eigenvalue weighted by atomic mass is 9.71. The van der Waals surface area contributed by atoms with Crippen molar-refractivity contribution in [2.75, 3.05) is 30.8 Å². The molecule has 3 atom stereocenters. The summed E-state index contributed by atoms with van der Waals surface area (Å²) in [4.78, 5) is 21.8. The van der Waals surface area contributed by atoms with Crippen molar-refractivity contribution in [1.82, 2.24) is 15.3 Å². The maximum absolute atomic E-state index is 14.2. The largest absolute Gasteiger partial charge is 0.497 e. The van der Waals surface area contributed by atoms with E-state index in [0.717, 1.165) is 17.5 Å². The number of piperidine rings is 1. The first-order valence-electron chi connectivity index (χ1n) is 13.9. The summed E-state index contributed by atoms with van der Waals surface area (Å²) in [6.07, 6.45) is -4.22. The number of nitrogens with zero attached hydrogens (tertiary/aromatic N) is 3. The number of rotatable bonds is 8. The molecule has 1 aromatic heterocycles. The van der Waals surface area contributed by atoms with Crippen molar-refractivity contribution >= 4 is 17.7 Å². The minimum Gasteiger partial charge on any atom is -0.497 e. The van der Waals surface area contributed by atoms with Crippen molar-refractivity contribution in [3.05, 3.63) is 60.2 Å². The molecule has 4 N–H and O–H groups in total. The molecule has 2 saturated heterocycles. The fourth-order valence-electron chi connectivity index (χ4n) is 6.22. The van der Waals surface area contributed by atoms with Crippen LogP contribution in [0.3, 0.4) is 0 Å². The standard InChI is InChI=1S/C30H34F3N5O4/c1-3-23-29(17-22(35-23)27(39)40)11-13-38(14-12-29)24-16-25(37-28(34)36-24)42-26(30(31,32)33)19-9-7-18(8-10-19)20-5-4-6-21(15-20)41-2/h4-10,15-16,22-23,26,35H,3,11-14,17H2,1-2H3,(H,39,40)(H2,34,36,37)/t22?,23?,26-/m1/s1. The van der Waals surface area contributed by atoms with Crippen molar-refractivity contribution < 1.29 is 32.5 Å². The fraction of sp³-hybridized carbons (Fsp3) is 0.433. The minimum absolute atomic E-state index is 0.0814. The number of hydrogen-bond donors (Lipinski definition) is 3. The van der Waals surface area contributed by atoms with Gasteiger partial charge in [-0.3, -0.25) is 4.79 Å². The van der Waals surface area contributed by atoms with Gasteiger partial charge >= 0.3 is 12.1 Å². The molecule has 5 rings (SSSR count). The zero-order valence-corrected chi connectivity index (χ0v) is 23.4. The van der Waals surface area contributed by atoms with Crippen LogP contribution in [0.25, 0.3) is 11.1 Å². The van der Waals surface area contributed by atoms with E-state index < -0.39 is 24.3 Å². The van der Waals surface area contributed by atoms with E-state index in [9.17, 15) is 23.1 Å². The predicted octanol–water partition coefficient (Wildman–Crippen LogP) is 5.23. The Hall–Kier alpha value is -4.06. The number of aromatic nitrogens is 2. The second kappa shape index (κ2) is 11.7. The number of benzene rings is 2. The van der Waals surface area contributed by atoms with E-state index in [2.05, 4.69) is 15.3 Å². The molecule has 2 aliphatic rings. The zero-order valence-electron chi connectivity index (χ0n) is 23.4. The highest BCUT2D eigenvalue weighted by atomic mass is 19.4. The smallest absolute Gasteiger partial charge is 0.429 e. The van der Waals surface area contributed by atoms with E-state index in [-0.39, 0.29) is 28.8 Å². The number of carboxylic acids is 1. The first kappa shape index (κ1) is 29.4. The van der Waals surface area contributed by atoms with Crippen LogP contribution in [0.4, 0.5) is 24.9 Å². The van der Waals surface area contributed by atoms with Crippen molar-refractivity contribution in [2.24, 2.45) is 5.41 Å². The van der Waals surface area contributed by atoms with Crippen LogP contribution >= 0.6 is 0 Å². The van der Waals surface area contributed by atoms with Crippen LogP contribution in [-0.2, 0) is 4.79 Å². The molecule has 2 fully saturated rings. The quantitative estimate of drug-likeness (QED) is 0.326. The Balaban J connectivity index is 1.33. The van der Waals surface area contributed by atoms with Crippen LogP contribution < -0.4 is 25.4 Å². The molecule has 0 aliphatic carbocycles. The van der Waals surface area contributed by atoms with Gasteiger partial charge in [-0.15, -0.1) is 0 Å². The molecule has 2 unspecified atom stereocenters. The third-order valence-electron chi connectivity index (χ3n) is 8.40. The summed E-state index contributed by atoms with van der Waals surface area (Å²) in [6, 6.07) is 14.1. The molecule has 0 radical (unpaired) electrons. The third-order valence-corrected chi connectivity index (χ3v) is 8.40. The Morgan fingerprint density at radius 1 is 1.14 bits per heavy atom. The van der Waals surface area contributed by atoms with E-state index >= 15 is 0 Å². The third kappa shape index (κ3) is 6.08. The summed E-state index contributed by atoms with van der Waals surface area (Å²) in [5.74, 6) is -0.319. The molecule has 2 aliphatic heterocycles. The number of alkyl halides is 3. The molecule has 9 nitrogen and oxygen atoms in total. The van der Waals surface area contributed by atoms with Crippen LogP contribution in [0.1, 0.15) is 44.3 Å². The van der Waals surface area contributed by atoms with Crippen LogP contribution in [0, 0.1) is 5.41 Å². The number of nitrogen functional groups attached to an aromatic ring is 1. The second-order valence-corrected chi connectivity index (χ2v) is 10.9. The number of hydrogen-bond acceptors (Lipinski definition) is 8. The van der Waals surface area contributed by atoms with Crippen LogP contribution in [-0.4, -0.2) is 59.5 Å². The number of carboxylic acid groups (broad SMARTS) is 1. The van der Waals surface area contributed by atoms with Crippen molar-refractivity contribution in [2.45, 2.75) is 57.0 Å². The number of anilines is 2. The first-order chi connectivity index (χ1) is 20.0. The highest BCUT2D eigenvalue weighted by molar-refractivity contribution is 5.74. The normalized spacial score (nSPS) is 20.8. The Labute approximate surface area is 241 Å². The summed E-state index contributed by atoms with van der Waals surface area (Å²) in [5.41, 5.74) is 7.20. The summed E-state index contributed by atoms with van der Waals surface area (Å²) in [7, 11) is 1.55. The van der Waals surface area contributed by atoms with E-state index in [1.165, 1.54) is 18.2 Å². The van der Waals surface area contributed by atoms with Crippen molar-refractivity contribution in [3.63, 3.8) is 0 Å². The predicted molar refractivity (Wildman–Crippen MR) is 151 cm³/mol. The van der Waals surface area contributed by atoms with Crippen molar-refractivity contribution in [3.8, 4) is 22.8 Å². The molecular formula is C30H34F3N5O4. The molecule has 3 heterocycles. The van der Waals surface area contributed by atoms with Crippen LogP contribution in [0.5, 0.6) is 11.6 Å². The molecule has 1 spiro atoms. The van der Waals surface area contributed by atoms with Gasteiger partial charge in [0.1, 0.15) is 17.6 Å². The maximum Gasteiger partial charge on any atom is 0.429 e. The van der Waals surface area contributed by atoms with Crippen molar-refractivity contribution in [1.29, 1.82) is 0 Å². The lowest BCUT2D eigenvalue weighted by Gasteiger charge is -2.43. The average molecular weight is 586 g/mol. The fourth-order valence-corrected chi connectivity index (χ4v) is 6.22. The zero-order chi connectivity index (χ0) is 30.1. The highest BCUT2D eigenvalue weighted by Crippen LogP contribution is 2.46. The highest BCUT2D eigenvalue weighted by Gasteiger charge is 2.50. The van der Waals surface area contributed by atoms with Gasteiger partial charge < -0.3 is 30.5 Å². The molecule has 0 amide bonds. The lowest BCUT2D eigenvalue weighted by molar-refractivity contribution is -0.198. The van der Waals surface area contributed by atoms with E-state index in [4.69, 9.17) is 15.2 Å². The Morgan fingerprint density at radius 3 is 2.48 bits per heavy atom. The summed E-state index contributed by atoms with van der Waals surface area (Å²) < 4.78 is 53.4. The lowest BCUT2D eigenvalue weighted by Crippen LogP contribution is -2.46. The second-order valence-electron chi connectivity index (χ2n) is 10.9. The van der Waals surface area contributed by atoms with Gasteiger partial charge in [0.15, 0.2) is 0 Å². The minimum atomic E-state index is -4.72. The van der Waals surface area contributed by atoms with Gasteiger partial charge in [-0.25, -0.2) is 0 Å². The number of aliphatic carboxylic acids is 1. The Kier molecular flexibility index (Phi) is 8.18. The van der Waals surface area contributed by atoms with Gasteiger partial charge in [0, 0.05) is 30.8 Å². The number of carbonyl (C=O) groups is 1.